The topological polar surface area (TPSA) is 112 Å². The molecule has 3 heterocycles. The van der Waals surface area contributed by atoms with Gasteiger partial charge in [-0.15, -0.1) is 0 Å². The molecule has 3 aliphatic rings. The number of carbonyl (C=O) groups excluding carboxylic acids is 2. The quantitative estimate of drug-likeness (QED) is 0.485. The number of carbonyl (C=O) groups is 2. The van der Waals surface area contributed by atoms with Crippen molar-refractivity contribution in [2.24, 2.45) is 5.92 Å². The molecule has 5 rings (SSSR count). The van der Waals surface area contributed by atoms with Crippen LogP contribution in [-0.4, -0.2) is 72.1 Å². The number of likely N-dealkylation sites (tertiary alicyclic amines) is 1. The number of ether oxygens (including phenoxy) is 1. The van der Waals surface area contributed by atoms with Crippen molar-refractivity contribution in [1.29, 1.82) is 0 Å². The van der Waals surface area contributed by atoms with E-state index in [-0.39, 0.29) is 23.9 Å². The van der Waals surface area contributed by atoms with Crippen LogP contribution in [0.15, 0.2) is 24.4 Å². The molecule has 2 amide bonds. The highest BCUT2D eigenvalue weighted by atomic mass is 16.5. The second-order valence-corrected chi connectivity index (χ2v) is 11.4. The molecule has 10 heteroatoms. The molecule has 1 saturated carbocycles. The van der Waals surface area contributed by atoms with Crippen LogP contribution in [0.3, 0.4) is 0 Å². The monoisotopic (exact) mass is 535 g/mol. The van der Waals surface area contributed by atoms with Crippen molar-refractivity contribution in [2.75, 3.05) is 42.8 Å². The van der Waals surface area contributed by atoms with E-state index in [1.54, 1.807) is 25.4 Å². The highest BCUT2D eigenvalue weighted by Crippen LogP contribution is 2.39. The predicted octanol–water partition coefficient (Wildman–Crippen LogP) is 4.17. The first kappa shape index (κ1) is 27.2. The van der Waals surface area contributed by atoms with Crippen LogP contribution in [0.5, 0.6) is 5.75 Å². The average molecular weight is 536 g/mol. The lowest BCUT2D eigenvalue weighted by atomic mass is 9.97. The first-order valence-corrected chi connectivity index (χ1v) is 14.2. The zero-order chi connectivity index (χ0) is 27.5. The summed E-state index contributed by atoms with van der Waals surface area (Å²) in [6.07, 6.45) is 8.58. The summed E-state index contributed by atoms with van der Waals surface area (Å²) in [4.78, 5) is 39.8. The van der Waals surface area contributed by atoms with Crippen molar-refractivity contribution in [3.8, 4) is 5.75 Å². The maximum atomic E-state index is 12.9. The van der Waals surface area contributed by atoms with Crippen molar-refractivity contribution in [2.45, 2.75) is 76.9 Å². The molecule has 1 aromatic heterocycles. The summed E-state index contributed by atoms with van der Waals surface area (Å²) >= 11 is 0. The van der Waals surface area contributed by atoms with Crippen molar-refractivity contribution in [1.82, 2.24) is 20.2 Å². The summed E-state index contributed by atoms with van der Waals surface area (Å²) in [5, 5.41) is 9.47. The highest BCUT2D eigenvalue weighted by molar-refractivity contribution is 5.96. The molecule has 2 fully saturated rings. The number of hydrogen-bond donors (Lipinski definition) is 3. The van der Waals surface area contributed by atoms with Gasteiger partial charge in [-0.3, -0.25) is 9.59 Å². The molecular weight excluding hydrogens is 494 g/mol. The number of piperidine rings is 1. The number of rotatable bonds is 7. The molecule has 0 radical (unpaired) electrons. The van der Waals surface area contributed by atoms with Crippen LogP contribution in [-0.2, 0) is 4.79 Å². The number of fused-ring (bicyclic) bond motifs is 1. The number of amides is 2. The Morgan fingerprint density at radius 3 is 2.59 bits per heavy atom. The third-order valence-electron chi connectivity index (χ3n) is 8.29. The van der Waals surface area contributed by atoms with Gasteiger partial charge in [0.1, 0.15) is 11.4 Å². The Kier molecular flexibility index (Phi) is 8.20. The molecule has 39 heavy (non-hydrogen) atoms. The van der Waals surface area contributed by atoms with Gasteiger partial charge in [0.25, 0.3) is 5.91 Å². The van der Waals surface area contributed by atoms with E-state index in [0.29, 0.717) is 47.0 Å². The molecule has 2 aromatic rings. The number of benzene rings is 1. The molecule has 1 atom stereocenters. The third kappa shape index (κ3) is 6.11. The maximum Gasteiger partial charge on any atom is 0.251 e. The predicted molar refractivity (Wildman–Crippen MR) is 153 cm³/mol. The van der Waals surface area contributed by atoms with Crippen LogP contribution in [0, 0.1) is 5.92 Å². The zero-order valence-corrected chi connectivity index (χ0v) is 23.5. The molecule has 0 spiro atoms. The number of nitrogens with zero attached hydrogens (tertiary/aromatic N) is 4. The van der Waals surface area contributed by atoms with Gasteiger partial charge >= 0.3 is 0 Å². The first-order valence-electron chi connectivity index (χ1n) is 14.2. The second kappa shape index (κ2) is 11.8. The molecule has 210 valence electrons. The lowest BCUT2D eigenvalue weighted by molar-refractivity contribution is -0.116. The van der Waals surface area contributed by atoms with Crippen molar-refractivity contribution in [3.05, 3.63) is 30.0 Å². The Hall–Kier alpha value is -3.40. The van der Waals surface area contributed by atoms with Gasteiger partial charge in [0.05, 0.1) is 19.0 Å². The molecule has 1 aliphatic carbocycles. The van der Waals surface area contributed by atoms with Crippen molar-refractivity contribution >= 4 is 35.0 Å². The smallest absolute Gasteiger partial charge is 0.251 e. The van der Waals surface area contributed by atoms with Crippen LogP contribution in [0.2, 0.25) is 0 Å². The lowest BCUT2D eigenvalue weighted by Gasteiger charge is -2.38. The van der Waals surface area contributed by atoms with Gasteiger partial charge in [-0.05, 0) is 69.9 Å². The Labute approximate surface area is 230 Å². The second-order valence-electron chi connectivity index (χ2n) is 11.4. The summed E-state index contributed by atoms with van der Waals surface area (Å²) in [6.45, 7) is 6.30. The molecule has 1 unspecified atom stereocenters. The third-order valence-corrected chi connectivity index (χ3v) is 8.29. The van der Waals surface area contributed by atoms with Crippen LogP contribution in [0.4, 0.5) is 23.1 Å². The van der Waals surface area contributed by atoms with E-state index in [9.17, 15) is 9.59 Å². The van der Waals surface area contributed by atoms with Crippen LogP contribution < -0.4 is 25.6 Å². The number of aromatic nitrogens is 2. The normalized spacial score (nSPS) is 20.9. The lowest BCUT2D eigenvalue weighted by Crippen LogP contribution is -2.46. The number of methoxy groups -OCH3 is 1. The van der Waals surface area contributed by atoms with E-state index in [2.05, 4.69) is 51.6 Å². The molecule has 2 aliphatic heterocycles. The fourth-order valence-corrected chi connectivity index (χ4v) is 6.03. The van der Waals surface area contributed by atoms with Crippen molar-refractivity contribution in [3.63, 3.8) is 0 Å². The van der Waals surface area contributed by atoms with Crippen molar-refractivity contribution < 1.29 is 14.3 Å². The van der Waals surface area contributed by atoms with E-state index in [1.165, 1.54) is 12.8 Å². The van der Waals surface area contributed by atoms with Gasteiger partial charge in [-0.2, -0.15) is 4.98 Å². The summed E-state index contributed by atoms with van der Waals surface area (Å²) in [7, 11) is 3.69. The largest absolute Gasteiger partial charge is 0.495 e. The SMILES string of the molecule is COc1cc(C(=O)NC2CCN(C)CC2)ccc1Nc1ncc2c(n1)N(C1CCCC1)C(C(C)C)CC(=O)N2. The van der Waals surface area contributed by atoms with E-state index >= 15 is 0 Å². The molecule has 0 bridgehead atoms. The van der Waals surface area contributed by atoms with Crippen LogP contribution in [0.1, 0.15) is 69.2 Å². The van der Waals surface area contributed by atoms with Gasteiger partial charge in [0, 0.05) is 30.1 Å². The zero-order valence-electron chi connectivity index (χ0n) is 23.5. The Bertz CT molecular complexity index is 1190. The molecule has 1 saturated heterocycles. The highest BCUT2D eigenvalue weighted by Gasteiger charge is 2.37. The number of hydrogen-bond acceptors (Lipinski definition) is 8. The Balaban J connectivity index is 1.38. The van der Waals surface area contributed by atoms with Crippen LogP contribution in [0.25, 0.3) is 0 Å². The van der Waals surface area contributed by atoms with E-state index in [1.807, 2.05) is 6.07 Å². The minimum absolute atomic E-state index is 0.00413. The molecular formula is C29H41N7O3. The molecule has 10 nitrogen and oxygen atoms in total. The maximum absolute atomic E-state index is 12.9. The van der Waals surface area contributed by atoms with Gasteiger partial charge in [-0.1, -0.05) is 26.7 Å². The summed E-state index contributed by atoms with van der Waals surface area (Å²) < 4.78 is 5.64. The minimum Gasteiger partial charge on any atom is -0.495 e. The molecule has 1 aromatic carbocycles. The summed E-state index contributed by atoms with van der Waals surface area (Å²) in [6, 6.07) is 5.96. The average Bonchev–Trinajstić information content (AvgIpc) is 3.40. The summed E-state index contributed by atoms with van der Waals surface area (Å²) in [5.74, 6) is 1.90. The first-order chi connectivity index (χ1) is 18.8. The van der Waals surface area contributed by atoms with Gasteiger partial charge < -0.3 is 30.5 Å². The van der Waals surface area contributed by atoms with E-state index < -0.39 is 0 Å². The summed E-state index contributed by atoms with van der Waals surface area (Å²) in [5.41, 5.74) is 1.86. The fourth-order valence-electron chi connectivity index (χ4n) is 6.03. The number of nitrogens with one attached hydrogen (secondary N) is 3. The van der Waals surface area contributed by atoms with Gasteiger partial charge in [0.2, 0.25) is 11.9 Å². The Morgan fingerprint density at radius 1 is 1.15 bits per heavy atom. The van der Waals surface area contributed by atoms with Gasteiger partial charge in [0.15, 0.2) is 5.82 Å². The molecule has 3 N–H and O–H groups in total. The van der Waals surface area contributed by atoms with Crippen LogP contribution >= 0.6 is 0 Å². The van der Waals surface area contributed by atoms with Gasteiger partial charge in [-0.25, -0.2) is 4.98 Å². The minimum atomic E-state index is -0.0987. The standard InChI is InChI=1S/C29H41N7O3/c1-18(2)24-16-26(37)32-23-17-30-29(34-27(23)36(24)21-7-5-6-8-21)33-22-10-9-19(15-25(22)39-4)28(38)31-20-11-13-35(3)14-12-20/h9-10,15,17-18,20-21,24H,5-8,11-14,16H2,1-4H3,(H,31,38)(H,32,37)(H,30,33,34). The Morgan fingerprint density at radius 2 is 1.90 bits per heavy atom. The van der Waals surface area contributed by atoms with E-state index in [0.717, 1.165) is 44.6 Å². The fraction of sp³-hybridized carbons (Fsp3) is 0.586. The van der Waals surface area contributed by atoms with E-state index in [4.69, 9.17) is 9.72 Å². The number of anilines is 4.